The summed E-state index contributed by atoms with van der Waals surface area (Å²) in [6.45, 7) is 0. The Balaban J connectivity index is 1.38. The number of carbonyl (C=O) groups excluding carboxylic acids is 1. The van der Waals surface area contributed by atoms with Crippen LogP contribution in [0.25, 0.3) is 0 Å². The quantitative estimate of drug-likeness (QED) is 0.274. The maximum Gasteiger partial charge on any atom is 0.305 e. The van der Waals surface area contributed by atoms with Crippen LogP contribution in [0.3, 0.4) is 0 Å². The fourth-order valence-corrected chi connectivity index (χ4v) is 3.70. The largest absolute Gasteiger partial charge is 0.469 e. The molecule has 10 heteroatoms. The van der Waals surface area contributed by atoms with Crippen molar-refractivity contribution in [2.45, 2.75) is 102 Å². The molecule has 0 atom stereocenters. The van der Waals surface area contributed by atoms with Gasteiger partial charge in [0.25, 0.3) is 0 Å². The van der Waals surface area contributed by atoms with Crippen LogP contribution in [0.4, 0.5) is 0 Å². The second kappa shape index (κ2) is 15.4. The smallest absolute Gasteiger partial charge is 0.305 e. The highest BCUT2D eigenvalue weighted by Gasteiger charge is 2.20. The number of aromatic amines is 2. The first kappa shape index (κ1) is 23.9. The van der Waals surface area contributed by atoms with E-state index in [-0.39, 0.29) is 11.9 Å². The van der Waals surface area contributed by atoms with Crippen LogP contribution in [-0.2, 0) is 9.53 Å². The summed E-state index contributed by atoms with van der Waals surface area (Å²) in [4.78, 5) is 11.0. The molecular weight excluding hydrogens is 384 g/mol. The highest BCUT2D eigenvalue weighted by molar-refractivity contribution is 5.68. The van der Waals surface area contributed by atoms with Crippen LogP contribution in [0.2, 0.25) is 0 Å². The summed E-state index contributed by atoms with van der Waals surface area (Å²) >= 11 is 0. The fraction of sp³-hybridized carbons (Fsp3) is 0.850. The van der Waals surface area contributed by atoms with Gasteiger partial charge in [-0.2, -0.15) is 0 Å². The van der Waals surface area contributed by atoms with Crippen molar-refractivity contribution < 1.29 is 9.53 Å². The van der Waals surface area contributed by atoms with Crippen LogP contribution in [0, 0.1) is 0 Å². The predicted molar refractivity (Wildman–Crippen MR) is 111 cm³/mol. The van der Waals surface area contributed by atoms with Crippen molar-refractivity contribution in [1.29, 1.82) is 0 Å². The number of rotatable bonds is 18. The standard InChI is InChI=1S/C20H36N8O2/c1-30-18(29)16-14-12-10-8-6-4-2-3-5-7-9-11-13-15-17(19-21-25-26-22-19)20-23-27-28-24-20/h17H,2-16H2,1H3,(H,21,22,25,26)(H,23,24,27,28). The minimum absolute atomic E-state index is 0.00420. The molecule has 2 aromatic rings. The van der Waals surface area contributed by atoms with E-state index in [1.807, 2.05) is 0 Å². The number of esters is 1. The SMILES string of the molecule is COC(=O)CCCCCCCCCCCCCCCC(c1nnn[nH]1)c1nnn[nH]1. The second-order valence-corrected chi connectivity index (χ2v) is 7.84. The summed E-state index contributed by atoms with van der Waals surface area (Å²) in [6.07, 6.45) is 17.6. The molecule has 0 amide bonds. The zero-order valence-electron chi connectivity index (χ0n) is 18.2. The third kappa shape index (κ3) is 9.89. The summed E-state index contributed by atoms with van der Waals surface area (Å²) in [5.74, 6) is 1.32. The van der Waals surface area contributed by atoms with Crippen molar-refractivity contribution in [1.82, 2.24) is 41.2 Å². The maximum absolute atomic E-state index is 11.0. The van der Waals surface area contributed by atoms with E-state index < -0.39 is 0 Å². The molecule has 2 aromatic heterocycles. The average Bonchev–Trinajstić information content (AvgIpc) is 3.48. The molecule has 0 saturated carbocycles. The summed E-state index contributed by atoms with van der Waals surface area (Å²) in [6, 6.07) is 0. The van der Waals surface area contributed by atoms with Gasteiger partial charge in [0.05, 0.1) is 13.0 Å². The molecular formula is C20H36N8O2. The number of hydrogen-bond acceptors (Lipinski definition) is 8. The van der Waals surface area contributed by atoms with E-state index in [2.05, 4.69) is 46.0 Å². The number of methoxy groups -OCH3 is 1. The number of ether oxygens (including phenoxy) is 1. The molecule has 0 bridgehead atoms. The van der Waals surface area contributed by atoms with Crippen molar-refractivity contribution in [2.75, 3.05) is 7.11 Å². The monoisotopic (exact) mass is 420 g/mol. The van der Waals surface area contributed by atoms with Gasteiger partial charge in [0.2, 0.25) is 0 Å². The van der Waals surface area contributed by atoms with Crippen LogP contribution in [0.1, 0.15) is 114 Å². The lowest BCUT2D eigenvalue weighted by Crippen LogP contribution is -2.06. The van der Waals surface area contributed by atoms with E-state index in [0.29, 0.717) is 18.1 Å². The molecule has 0 saturated heterocycles. The first-order chi connectivity index (χ1) is 14.8. The Kier molecular flexibility index (Phi) is 12.3. The van der Waals surface area contributed by atoms with E-state index in [1.165, 1.54) is 71.3 Å². The number of aromatic nitrogens is 8. The van der Waals surface area contributed by atoms with Gasteiger partial charge >= 0.3 is 5.97 Å². The van der Waals surface area contributed by atoms with E-state index >= 15 is 0 Å². The summed E-state index contributed by atoms with van der Waals surface area (Å²) in [5.41, 5.74) is 0. The molecule has 0 aromatic carbocycles. The topological polar surface area (TPSA) is 135 Å². The van der Waals surface area contributed by atoms with Crippen molar-refractivity contribution in [3.8, 4) is 0 Å². The van der Waals surface area contributed by atoms with Gasteiger partial charge in [-0.25, -0.2) is 10.2 Å². The summed E-state index contributed by atoms with van der Waals surface area (Å²) < 4.78 is 4.65. The van der Waals surface area contributed by atoms with Gasteiger partial charge in [0.1, 0.15) is 0 Å². The van der Waals surface area contributed by atoms with Gasteiger partial charge in [0.15, 0.2) is 11.6 Å². The number of nitrogens with zero attached hydrogens (tertiary/aromatic N) is 6. The van der Waals surface area contributed by atoms with Gasteiger partial charge in [-0.05, 0) is 33.7 Å². The molecule has 168 valence electrons. The minimum Gasteiger partial charge on any atom is -0.469 e. The first-order valence-electron chi connectivity index (χ1n) is 11.4. The molecule has 0 radical (unpaired) electrons. The maximum atomic E-state index is 11.0. The molecule has 10 nitrogen and oxygen atoms in total. The molecule has 0 aliphatic heterocycles. The van der Waals surface area contributed by atoms with Crippen molar-refractivity contribution in [3.05, 3.63) is 11.6 Å². The van der Waals surface area contributed by atoms with Crippen LogP contribution in [0.5, 0.6) is 0 Å². The number of carbonyl (C=O) groups is 1. The van der Waals surface area contributed by atoms with Gasteiger partial charge in [-0.1, -0.05) is 77.0 Å². The number of hydrogen-bond donors (Lipinski definition) is 2. The predicted octanol–water partition coefficient (Wildman–Crippen LogP) is 3.87. The third-order valence-corrected chi connectivity index (χ3v) is 5.48. The van der Waals surface area contributed by atoms with E-state index in [0.717, 1.165) is 25.7 Å². The number of tetrazole rings is 2. The second-order valence-electron chi connectivity index (χ2n) is 7.84. The molecule has 0 aliphatic carbocycles. The molecule has 2 N–H and O–H groups in total. The molecule has 0 spiro atoms. The zero-order chi connectivity index (χ0) is 21.3. The van der Waals surface area contributed by atoms with E-state index in [4.69, 9.17) is 0 Å². The Morgan fingerprint density at radius 2 is 1.17 bits per heavy atom. The zero-order valence-corrected chi connectivity index (χ0v) is 18.2. The third-order valence-electron chi connectivity index (χ3n) is 5.48. The van der Waals surface area contributed by atoms with Gasteiger partial charge in [-0.15, -0.1) is 10.2 Å². The highest BCUT2D eigenvalue weighted by Crippen LogP contribution is 2.24. The Hall–Kier alpha value is -2.39. The molecule has 2 heterocycles. The lowest BCUT2D eigenvalue weighted by molar-refractivity contribution is -0.140. The summed E-state index contributed by atoms with van der Waals surface area (Å²) in [5, 5.41) is 28.3. The van der Waals surface area contributed by atoms with E-state index in [9.17, 15) is 4.79 Å². The van der Waals surface area contributed by atoms with Gasteiger partial charge in [0, 0.05) is 6.42 Å². The fourth-order valence-electron chi connectivity index (χ4n) is 3.70. The number of unbranched alkanes of at least 4 members (excludes halogenated alkanes) is 12. The Morgan fingerprint density at radius 3 is 1.57 bits per heavy atom. The van der Waals surface area contributed by atoms with Crippen molar-refractivity contribution >= 4 is 5.97 Å². The van der Waals surface area contributed by atoms with E-state index in [1.54, 1.807) is 0 Å². The van der Waals surface area contributed by atoms with Crippen LogP contribution in [-0.4, -0.2) is 54.3 Å². The van der Waals surface area contributed by atoms with Gasteiger partial charge in [-0.3, -0.25) is 4.79 Å². The van der Waals surface area contributed by atoms with Crippen LogP contribution in [0.15, 0.2) is 0 Å². The molecule has 0 fully saturated rings. The molecule has 30 heavy (non-hydrogen) atoms. The van der Waals surface area contributed by atoms with Gasteiger partial charge < -0.3 is 4.74 Å². The minimum atomic E-state index is -0.0888. The first-order valence-corrected chi connectivity index (χ1v) is 11.4. The molecule has 0 aliphatic rings. The summed E-state index contributed by atoms with van der Waals surface area (Å²) in [7, 11) is 1.45. The normalized spacial score (nSPS) is 11.3. The Morgan fingerprint density at radius 1 is 0.733 bits per heavy atom. The van der Waals surface area contributed by atoms with Crippen molar-refractivity contribution in [3.63, 3.8) is 0 Å². The van der Waals surface area contributed by atoms with Crippen LogP contribution < -0.4 is 0 Å². The highest BCUT2D eigenvalue weighted by atomic mass is 16.5. The number of H-pyrrole nitrogens is 2. The lowest BCUT2D eigenvalue weighted by Gasteiger charge is -2.09. The van der Waals surface area contributed by atoms with Crippen LogP contribution >= 0.6 is 0 Å². The molecule has 0 unspecified atom stereocenters. The Bertz CT molecular complexity index is 614. The lowest BCUT2D eigenvalue weighted by atomic mass is 9.98. The Labute approximate surface area is 178 Å². The molecule has 2 rings (SSSR count). The average molecular weight is 421 g/mol. The number of nitrogens with one attached hydrogen (secondary N) is 2. The van der Waals surface area contributed by atoms with Crippen molar-refractivity contribution in [2.24, 2.45) is 0 Å².